The van der Waals surface area contributed by atoms with Gasteiger partial charge in [-0.1, -0.05) is 84.9 Å². The van der Waals surface area contributed by atoms with E-state index in [1.54, 1.807) is 6.92 Å². The standard InChI is InChI=1S/C35H36N4O3/c1-23-29(25-14-10-7-11-15-25)38-39-20-28(24-12-8-6-9-13-24)30(36-31(23)39)26-16-18-27(19-17-26)35(21-34(5,41)22-35)37-32(40)42-33(2,3)4/h6-20,41H,21-22H2,1-5H3,(H,37,40)/t34-,35-. The maximum absolute atomic E-state index is 12.8. The van der Waals surface area contributed by atoms with Crippen LogP contribution in [0.4, 0.5) is 4.79 Å². The number of aromatic nitrogens is 3. The molecule has 0 atom stereocenters. The Morgan fingerprint density at radius 3 is 2.02 bits per heavy atom. The van der Waals surface area contributed by atoms with Gasteiger partial charge in [0.05, 0.1) is 22.5 Å². The predicted molar refractivity (Wildman–Crippen MR) is 165 cm³/mol. The Morgan fingerprint density at radius 2 is 1.45 bits per heavy atom. The Hall–Kier alpha value is -4.49. The van der Waals surface area contributed by atoms with Crippen LogP contribution in [0.5, 0.6) is 0 Å². The second kappa shape index (κ2) is 10.1. The van der Waals surface area contributed by atoms with Crippen molar-refractivity contribution in [3.05, 3.63) is 102 Å². The fourth-order valence-corrected chi connectivity index (χ4v) is 6.06. The van der Waals surface area contributed by atoms with Crippen LogP contribution >= 0.6 is 0 Å². The number of amides is 1. The summed E-state index contributed by atoms with van der Waals surface area (Å²) in [5.74, 6) is 0. The summed E-state index contributed by atoms with van der Waals surface area (Å²) in [4.78, 5) is 17.9. The molecule has 7 nitrogen and oxygen atoms in total. The average Bonchev–Trinajstić information content (AvgIpc) is 3.26. The van der Waals surface area contributed by atoms with Crippen molar-refractivity contribution in [3.63, 3.8) is 0 Å². The molecule has 0 unspecified atom stereocenters. The minimum atomic E-state index is -0.864. The van der Waals surface area contributed by atoms with Crippen LogP contribution < -0.4 is 5.32 Å². The average molecular weight is 561 g/mol. The van der Waals surface area contributed by atoms with Crippen molar-refractivity contribution in [3.8, 4) is 33.6 Å². The molecule has 214 valence electrons. The van der Waals surface area contributed by atoms with Gasteiger partial charge in [0.2, 0.25) is 0 Å². The Bertz CT molecular complexity index is 1740. The number of carbonyl (C=O) groups excluding carboxylic acids is 1. The lowest BCUT2D eigenvalue weighted by atomic mass is 9.62. The quantitative estimate of drug-likeness (QED) is 0.235. The van der Waals surface area contributed by atoms with E-state index in [9.17, 15) is 9.90 Å². The van der Waals surface area contributed by atoms with Gasteiger partial charge in [-0.3, -0.25) is 0 Å². The van der Waals surface area contributed by atoms with Crippen molar-refractivity contribution in [1.29, 1.82) is 0 Å². The van der Waals surface area contributed by atoms with Crippen LogP contribution in [-0.2, 0) is 10.3 Å². The zero-order valence-corrected chi connectivity index (χ0v) is 24.7. The molecule has 7 heteroatoms. The minimum Gasteiger partial charge on any atom is -0.444 e. The molecule has 5 aromatic rings. The van der Waals surface area contributed by atoms with Gasteiger partial charge in [-0.2, -0.15) is 5.10 Å². The third-order valence-electron chi connectivity index (χ3n) is 7.79. The molecular formula is C35H36N4O3. The summed E-state index contributed by atoms with van der Waals surface area (Å²) >= 11 is 0. The van der Waals surface area contributed by atoms with Gasteiger partial charge in [-0.05, 0) is 45.7 Å². The Balaban J connectivity index is 1.42. The summed E-state index contributed by atoms with van der Waals surface area (Å²) in [6.07, 6.45) is 2.35. The zero-order chi connectivity index (χ0) is 29.7. The minimum absolute atomic E-state index is 0.398. The number of benzene rings is 3. The largest absolute Gasteiger partial charge is 0.444 e. The van der Waals surface area contributed by atoms with Crippen LogP contribution in [0.3, 0.4) is 0 Å². The van der Waals surface area contributed by atoms with Crippen LogP contribution in [0.15, 0.2) is 91.1 Å². The number of hydrogen-bond donors (Lipinski definition) is 2. The fourth-order valence-electron chi connectivity index (χ4n) is 6.06. The van der Waals surface area contributed by atoms with E-state index in [0.717, 1.165) is 50.4 Å². The first-order chi connectivity index (χ1) is 19.9. The SMILES string of the molecule is Cc1c(-c2ccccc2)nn2cc(-c3ccccc3)c(-c3ccc([C@]4(NC(=O)OC(C)(C)C)C[C@](C)(O)C4)cc3)nc12. The van der Waals surface area contributed by atoms with Crippen molar-refractivity contribution < 1.29 is 14.6 Å². The smallest absolute Gasteiger partial charge is 0.408 e. The Labute approximate surface area is 246 Å². The number of rotatable bonds is 5. The zero-order valence-electron chi connectivity index (χ0n) is 24.7. The molecule has 6 rings (SSSR count). The van der Waals surface area contributed by atoms with E-state index < -0.39 is 22.8 Å². The lowest BCUT2D eigenvalue weighted by molar-refractivity contribution is -0.0892. The third-order valence-corrected chi connectivity index (χ3v) is 7.79. The molecule has 0 saturated heterocycles. The molecule has 0 spiro atoms. The van der Waals surface area contributed by atoms with E-state index in [0.29, 0.717) is 12.8 Å². The van der Waals surface area contributed by atoms with Gasteiger partial charge in [0.25, 0.3) is 0 Å². The molecule has 2 N–H and O–H groups in total. The topological polar surface area (TPSA) is 88.8 Å². The number of ether oxygens (including phenoxy) is 1. The van der Waals surface area contributed by atoms with Gasteiger partial charge in [0, 0.05) is 41.3 Å². The molecule has 1 saturated carbocycles. The molecule has 0 radical (unpaired) electrons. The number of alkyl carbamates (subject to hydrolysis) is 1. The summed E-state index contributed by atoms with van der Waals surface area (Å²) in [6, 6.07) is 28.4. The molecule has 1 amide bonds. The lowest BCUT2D eigenvalue weighted by Gasteiger charge is -2.52. The summed E-state index contributed by atoms with van der Waals surface area (Å²) < 4.78 is 7.42. The van der Waals surface area contributed by atoms with Gasteiger partial charge < -0.3 is 15.2 Å². The highest BCUT2D eigenvalue weighted by atomic mass is 16.6. The van der Waals surface area contributed by atoms with Crippen molar-refractivity contribution in [2.45, 2.75) is 64.2 Å². The van der Waals surface area contributed by atoms with Crippen molar-refractivity contribution >= 4 is 11.7 Å². The first-order valence-electron chi connectivity index (χ1n) is 14.3. The van der Waals surface area contributed by atoms with Gasteiger partial charge >= 0.3 is 6.09 Å². The third kappa shape index (κ3) is 5.28. The molecule has 2 heterocycles. The maximum Gasteiger partial charge on any atom is 0.408 e. The van der Waals surface area contributed by atoms with Crippen LogP contribution in [0.1, 0.15) is 51.7 Å². The molecule has 1 aliphatic carbocycles. The molecule has 0 bridgehead atoms. The molecule has 2 aromatic heterocycles. The second-order valence-electron chi connectivity index (χ2n) is 12.6. The Morgan fingerprint density at radius 1 is 0.881 bits per heavy atom. The first kappa shape index (κ1) is 27.7. The summed E-state index contributed by atoms with van der Waals surface area (Å²) in [5.41, 5.74) is 6.27. The number of aliphatic hydroxyl groups is 1. The van der Waals surface area contributed by atoms with E-state index in [-0.39, 0.29) is 0 Å². The van der Waals surface area contributed by atoms with Gasteiger partial charge in [0.1, 0.15) is 5.60 Å². The second-order valence-corrected chi connectivity index (χ2v) is 12.6. The number of nitrogens with one attached hydrogen (secondary N) is 1. The predicted octanol–water partition coefficient (Wildman–Crippen LogP) is 7.30. The molecule has 1 aliphatic rings. The van der Waals surface area contributed by atoms with Crippen LogP contribution in [-0.4, -0.2) is 37.0 Å². The van der Waals surface area contributed by atoms with E-state index in [4.69, 9.17) is 14.8 Å². The molecule has 1 fully saturated rings. The lowest BCUT2D eigenvalue weighted by Crippen LogP contribution is -2.62. The van der Waals surface area contributed by atoms with Crippen LogP contribution in [0.2, 0.25) is 0 Å². The first-order valence-corrected chi connectivity index (χ1v) is 14.3. The monoisotopic (exact) mass is 560 g/mol. The number of nitrogens with zero attached hydrogens (tertiary/aromatic N) is 3. The normalized spacial score (nSPS) is 20.2. The highest BCUT2D eigenvalue weighted by Crippen LogP contribution is 2.48. The molecule has 42 heavy (non-hydrogen) atoms. The van der Waals surface area contributed by atoms with Gasteiger partial charge in [0.15, 0.2) is 5.65 Å². The van der Waals surface area contributed by atoms with E-state index >= 15 is 0 Å². The summed E-state index contributed by atoms with van der Waals surface area (Å²) in [6.45, 7) is 9.36. The molecule has 3 aromatic carbocycles. The number of hydrogen-bond acceptors (Lipinski definition) is 5. The van der Waals surface area contributed by atoms with Crippen LogP contribution in [0.25, 0.3) is 39.3 Å². The Kier molecular flexibility index (Phi) is 6.65. The molecular weight excluding hydrogens is 524 g/mol. The summed E-state index contributed by atoms with van der Waals surface area (Å²) in [5, 5.41) is 18.6. The van der Waals surface area contributed by atoms with E-state index in [2.05, 4.69) is 42.7 Å². The van der Waals surface area contributed by atoms with Gasteiger partial charge in [-0.25, -0.2) is 14.3 Å². The highest BCUT2D eigenvalue weighted by Gasteiger charge is 2.53. The van der Waals surface area contributed by atoms with Gasteiger partial charge in [-0.15, -0.1) is 0 Å². The summed E-state index contributed by atoms with van der Waals surface area (Å²) in [7, 11) is 0. The van der Waals surface area contributed by atoms with E-state index in [1.165, 1.54) is 0 Å². The number of aryl methyl sites for hydroxylation is 1. The van der Waals surface area contributed by atoms with Crippen molar-refractivity contribution in [2.75, 3.05) is 0 Å². The number of carbonyl (C=O) groups is 1. The van der Waals surface area contributed by atoms with E-state index in [1.807, 2.05) is 86.0 Å². The highest BCUT2D eigenvalue weighted by molar-refractivity contribution is 5.83. The van der Waals surface area contributed by atoms with Crippen molar-refractivity contribution in [1.82, 2.24) is 19.9 Å². The fraction of sp³-hybridized carbons (Fsp3) is 0.286. The van der Waals surface area contributed by atoms with Crippen molar-refractivity contribution in [2.24, 2.45) is 0 Å². The van der Waals surface area contributed by atoms with Crippen LogP contribution in [0, 0.1) is 6.92 Å². The number of fused-ring (bicyclic) bond motifs is 1. The molecule has 0 aliphatic heterocycles. The maximum atomic E-state index is 12.8.